The van der Waals surface area contributed by atoms with Crippen LogP contribution in [0.15, 0.2) is 48.5 Å². The lowest BCUT2D eigenvalue weighted by molar-refractivity contribution is -0.142. The third kappa shape index (κ3) is 4.45. The summed E-state index contributed by atoms with van der Waals surface area (Å²) in [6.07, 6.45) is 1.59. The average Bonchev–Trinajstić information content (AvgIpc) is 3.40. The molecular weight excluding hydrogens is 420 g/mol. The highest BCUT2D eigenvalue weighted by Gasteiger charge is 2.40. The van der Waals surface area contributed by atoms with E-state index < -0.39 is 35.5 Å². The van der Waals surface area contributed by atoms with Gasteiger partial charge in [0, 0.05) is 12.0 Å². The van der Waals surface area contributed by atoms with E-state index in [-0.39, 0.29) is 12.5 Å². The number of benzene rings is 2. The molecule has 1 unspecified atom stereocenters. The molecule has 0 heterocycles. The number of aliphatic carboxylic acids is 1. The number of ether oxygens (including phenoxy) is 1. The topological polar surface area (TPSA) is 105 Å². The molecular formula is C26H30N2O5. The van der Waals surface area contributed by atoms with E-state index in [1.165, 1.54) is 0 Å². The number of carbonyl (C=O) groups excluding carboxylic acids is 2. The molecule has 4 rings (SSSR count). The Hall–Kier alpha value is -3.35. The van der Waals surface area contributed by atoms with Gasteiger partial charge in [0.25, 0.3) is 0 Å². The van der Waals surface area contributed by atoms with Crippen molar-refractivity contribution < 1.29 is 24.2 Å². The molecule has 0 aromatic heterocycles. The number of amides is 2. The number of carboxylic acids is 1. The van der Waals surface area contributed by atoms with Crippen LogP contribution in [-0.2, 0) is 14.3 Å². The molecule has 3 N–H and O–H groups in total. The van der Waals surface area contributed by atoms with Crippen molar-refractivity contribution in [3.63, 3.8) is 0 Å². The van der Waals surface area contributed by atoms with Crippen LogP contribution in [0.4, 0.5) is 4.79 Å². The van der Waals surface area contributed by atoms with Crippen molar-refractivity contribution >= 4 is 18.0 Å². The van der Waals surface area contributed by atoms with Gasteiger partial charge in [-0.2, -0.15) is 0 Å². The van der Waals surface area contributed by atoms with Gasteiger partial charge < -0.3 is 20.5 Å². The molecule has 1 fully saturated rings. The summed E-state index contributed by atoms with van der Waals surface area (Å²) >= 11 is 0. The normalized spacial score (nSPS) is 20.9. The van der Waals surface area contributed by atoms with Gasteiger partial charge in [0.05, 0.1) is 5.92 Å². The highest BCUT2D eigenvalue weighted by Crippen LogP contribution is 2.44. The standard InChI is InChI=1S/C26H30N2O5/c1-3-26(2,24(31)27-22-14-8-13-20(22)23(29)30)28-25(32)33-15-21-18-11-6-4-9-16(18)17-10-5-7-12-19(17)21/h4-7,9-12,20-22H,3,8,13-15H2,1-2H3,(H,27,31)(H,28,32)(H,29,30)/t20-,22+,26?/m1/s1. The Morgan fingerprint density at radius 1 is 1.03 bits per heavy atom. The van der Waals surface area contributed by atoms with Crippen LogP contribution >= 0.6 is 0 Å². The zero-order chi connectivity index (χ0) is 23.6. The minimum absolute atomic E-state index is 0.0697. The first-order valence-corrected chi connectivity index (χ1v) is 11.5. The summed E-state index contributed by atoms with van der Waals surface area (Å²) < 4.78 is 5.59. The zero-order valence-electron chi connectivity index (χ0n) is 19.0. The van der Waals surface area contributed by atoms with Crippen molar-refractivity contribution in [3.05, 3.63) is 59.7 Å². The van der Waals surface area contributed by atoms with E-state index in [0.29, 0.717) is 19.3 Å². The Balaban J connectivity index is 1.40. The van der Waals surface area contributed by atoms with Crippen molar-refractivity contribution in [3.8, 4) is 11.1 Å². The Bertz CT molecular complexity index is 1020. The summed E-state index contributed by atoms with van der Waals surface area (Å²) in [5, 5.41) is 14.9. The Labute approximate surface area is 193 Å². The molecule has 2 aliphatic rings. The van der Waals surface area contributed by atoms with Crippen molar-refractivity contribution in [2.45, 2.75) is 57.0 Å². The van der Waals surface area contributed by atoms with E-state index in [1.54, 1.807) is 13.8 Å². The molecule has 3 atom stereocenters. The largest absolute Gasteiger partial charge is 0.481 e. The van der Waals surface area contributed by atoms with Crippen molar-refractivity contribution in [2.24, 2.45) is 5.92 Å². The van der Waals surface area contributed by atoms with Crippen LogP contribution in [0.5, 0.6) is 0 Å². The van der Waals surface area contributed by atoms with E-state index in [2.05, 4.69) is 22.8 Å². The molecule has 2 amide bonds. The molecule has 174 valence electrons. The van der Waals surface area contributed by atoms with Gasteiger partial charge in [-0.1, -0.05) is 61.9 Å². The van der Waals surface area contributed by atoms with Gasteiger partial charge in [0.1, 0.15) is 12.1 Å². The minimum atomic E-state index is -1.20. The summed E-state index contributed by atoms with van der Waals surface area (Å²) in [4.78, 5) is 37.1. The van der Waals surface area contributed by atoms with Crippen molar-refractivity contribution in [2.75, 3.05) is 6.61 Å². The number of fused-ring (bicyclic) bond motifs is 3. The van der Waals surface area contributed by atoms with E-state index in [9.17, 15) is 19.5 Å². The van der Waals surface area contributed by atoms with Gasteiger partial charge in [0.15, 0.2) is 0 Å². The molecule has 0 spiro atoms. The molecule has 0 bridgehead atoms. The second kappa shape index (κ2) is 9.25. The van der Waals surface area contributed by atoms with Crippen LogP contribution in [0.1, 0.15) is 56.6 Å². The summed E-state index contributed by atoms with van der Waals surface area (Å²) in [5.74, 6) is -1.96. The maximum absolute atomic E-state index is 13.0. The smallest absolute Gasteiger partial charge is 0.408 e. The number of hydrogen-bond acceptors (Lipinski definition) is 4. The van der Waals surface area contributed by atoms with Gasteiger partial charge in [-0.25, -0.2) is 4.79 Å². The van der Waals surface area contributed by atoms with Crippen LogP contribution in [0, 0.1) is 5.92 Å². The van der Waals surface area contributed by atoms with Gasteiger partial charge in [-0.3, -0.25) is 9.59 Å². The fraction of sp³-hybridized carbons (Fsp3) is 0.423. The van der Waals surface area contributed by atoms with Crippen LogP contribution in [0.25, 0.3) is 11.1 Å². The highest BCUT2D eigenvalue weighted by atomic mass is 16.5. The molecule has 1 saturated carbocycles. The zero-order valence-corrected chi connectivity index (χ0v) is 19.0. The number of rotatable bonds is 7. The summed E-state index contributed by atoms with van der Waals surface area (Å²) in [5.41, 5.74) is 3.31. The lowest BCUT2D eigenvalue weighted by Gasteiger charge is -2.30. The first kappa shape index (κ1) is 22.8. The molecule has 2 aliphatic carbocycles. The molecule has 0 radical (unpaired) electrons. The molecule has 33 heavy (non-hydrogen) atoms. The lowest BCUT2D eigenvalue weighted by Crippen LogP contribution is -2.59. The number of hydrogen-bond donors (Lipinski definition) is 3. The molecule has 0 aliphatic heterocycles. The van der Waals surface area contributed by atoms with Crippen molar-refractivity contribution in [1.82, 2.24) is 10.6 Å². The predicted molar refractivity (Wildman–Crippen MR) is 124 cm³/mol. The molecule has 2 aromatic carbocycles. The van der Waals surface area contributed by atoms with Gasteiger partial charge in [-0.15, -0.1) is 0 Å². The number of alkyl carbamates (subject to hydrolysis) is 1. The van der Waals surface area contributed by atoms with E-state index in [0.717, 1.165) is 28.7 Å². The third-order valence-electron chi connectivity index (χ3n) is 7.08. The molecule has 7 nitrogen and oxygen atoms in total. The fourth-order valence-corrected chi connectivity index (χ4v) is 4.92. The Morgan fingerprint density at radius 3 is 2.21 bits per heavy atom. The monoisotopic (exact) mass is 450 g/mol. The molecule has 7 heteroatoms. The fourth-order valence-electron chi connectivity index (χ4n) is 4.92. The first-order chi connectivity index (χ1) is 15.8. The molecule has 2 aromatic rings. The summed E-state index contributed by atoms with van der Waals surface area (Å²) in [6, 6.07) is 15.8. The van der Waals surface area contributed by atoms with E-state index in [4.69, 9.17) is 4.74 Å². The predicted octanol–water partition coefficient (Wildman–Crippen LogP) is 4.06. The Kier molecular flexibility index (Phi) is 6.40. The third-order valence-corrected chi connectivity index (χ3v) is 7.08. The van der Waals surface area contributed by atoms with Crippen LogP contribution < -0.4 is 10.6 Å². The molecule has 0 saturated heterocycles. The Morgan fingerprint density at radius 2 is 1.64 bits per heavy atom. The lowest BCUT2D eigenvalue weighted by atomic mass is 9.96. The maximum atomic E-state index is 13.0. The number of nitrogens with one attached hydrogen (secondary N) is 2. The second-order valence-electron chi connectivity index (χ2n) is 9.09. The van der Waals surface area contributed by atoms with Crippen LogP contribution in [0.2, 0.25) is 0 Å². The van der Waals surface area contributed by atoms with E-state index >= 15 is 0 Å². The van der Waals surface area contributed by atoms with Gasteiger partial charge in [0.2, 0.25) is 5.91 Å². The maximum Gasteiger partial charge on any atom is 0.408 e. The van der Waals surface area contributed by atoms with Crippen LogP contribution in [0.3, 0.4) is 0 Å². The highest BCUT2D eigenvalue weighted by molar-refractivity contribution is 5.90. The SMILES string of the molecule is CCC(C)(NC(=O)OCC1c2ccccc2-c2ccccc21)C(=O)N[C@H]1CCC[C@H]1C(=O)O. The van der Waals surface area contributed by atoms with Crippen LogP contribution in [-0.4, -0.2) is 41.3 Å². The van der Waals surface area contributed by atoms with Crippen molar-refractivity contribution in [1.29, 1.82) is 0 Å². The van der Waals surface area contributed by atoms with E-state index in [1.807, 2.05) is 36.4 Å². The minimum Gasteiger partial charge on any atom is -0.481 e. The quantitative estimate of drug-likeness (QED) is 0.590. The van der Waals surface area contributed by atoms with Gasteiger partial charge >= 0.3 is 12.1 Å². The summed E-state index contributed by atoms with van der Waals surface area (Å²) in [6.45, 7) is 3.59. The first-order valence-electron chi connectivity index (χ1n) is 11.5. The number of carbonyl (C=O) groups is 3. The summed E-state index contributed by atoms with van der Waals surface area (Å²) in [7, 11) is 0. The van der Waals surface area contributed by atoms with Gasteiger partial charge in [-0.05, 0) is 48.4 Å². The average molecular weight is 451 g/mol. The second-order valence-corrected chi connectivity index (χ2v) is 9.09. The number of carboxylic acid groups (broad SMARTS) is 1.